The van der Waals surface area contributed by atoms with E-state index in [4.69, 9.17) is 5.26 Å². The van der Waals surface area contributed by atoms with Crippen molar-refractivity contribution in [3.8, 4) is 6.07 Å². The lowest BCUT2D eigenvalue weighted by molar-refractivity contribution is -0.134. The molecule has 1 saturated carbocycles. The predicted octanol–water partition coefficient (Wildman–Crippen LogP) is 1.83. The number of aromatic amines is 1. The molecule has 2 aromatic heterocycles. The number of carbonyl (C=O) groups is 1. The van der Waals surface area contributed by atoms with Crippen LogP contribution in [0.15, 0.2) is 18.6 Å². The number of carbonyl (C=O) groups excluding carboxylic acids is 1. The van der Waals surface area contributed by atoms with Gasteiger partial charge in [0.2, 0.25) is 5.91 Å². The molecule has 0 aromatic carbocycles. The smallest absolute Gasteiger partial charge is 0.224 e. The van der Waals surface area contributed by atoms with Gasteiger partial charge in [0.15, 0.2) is 0 Å². The number of H-pyrrole nitrogens is 1. The summed E-state index contributed by atoms with van der Waals surface area (Å²) in [6, 6.07) is 4.07. The van der Waals surface area contributed by atoms with Crippen molar-refractivity contribution in [3.63, 3.8) is 0 Å². The SMILES string of the molecule is N#CCCC(=O)N1CCN(c2ncnc3[nH]ccc23)CCC12CC2. The topological polar surface area (TPSA) is 88.9 Å². The number of nitriles is 1. The third kappa shape index (κ3) is 2.48. The van der Waals surface area contributed by atoms with E-state index in [-0.39, 0.29) is 11.4 Å². The minimum Gasteiger partial charge on any atom is -0.354 e. The highest BCUT2D eigenvalue weighted by Gasteiger charge is 2.50. The van der Waals surface area contributed by atoms with E-state index in [0.29, 0.717) is 19.4 Å². The molecule has 7 nitrogen and oxygen atoms in total. The lowest BCUT2D eigenvalue weighted by atomic mass is 10.1. The summed E-state index contributed by atoms with van der Waals surface area (Å²) >= 11 is 0. The highest BCUT2D eigenvalue weighted by atomic mass is 16.2. The Morgan fingerprint density at radius 3 is 2.96 bits per heavy atom. The molecule has 1 aliphatic carbocycles. The van der Waals surface area contributed by atoms with Crippen molar-refractivity contribution in [2.45, 2.75) is 37.6 Å². The van der Waals surface area contributed by atoms with Gasteiger partial charge in [-0.05, 0) is 25.3 Å². The fourth-order valence-corrected chi connectivity index (χ4v) is 3.72. The molecule has 0 unspecified atom stereocenters. The molecule has 2 fully saturated rings. The van der Waals surface area contributed by atoms with Crippen molar-refractivity contribution in [2.75, 3.05) is 24.5 Å². The summed E-state index contributed by atoms with van der Waals surface area (Å²) in [4.78, 5) is 28.6. The molecule has 4 rings (SSSR count). The molecule has 124 valence electrons. The molecular weight excluding hydrogens is 304 g/mol. The van der Waals surface area contributed by atoms with Crippen LogP contribution in [-0.4, -0.2) is 50.9 Å². The van der Waals surface area contributed by atoms with Gasteiger partial charge in [-0.15, -0.1) is 0 Å². The number of rotatable bonds is 3. The van der Waals surface area contributed by atoms with Crippen LogP contribution < -0.4 is 4.90 Å². The summed E-state index contributed by atoms with van der Waals surface area (Å²) in [6.45, 7) is 2.34. The van der Waals surface area contributed by atoms with Gasteiger partial charge in [0.1, 0.15) is 17.8 Å². The third-order valence-corrected chi connectivity index (χ3v) is 5.22. The Kier molecular flexibility index (Phi) is 3.60. The maximum Gasteiger partial charge on any atom is 0.224 e. The van der Waals surface area contributed by atoms with Crippen LogP contribution in [-0.2, 0) is 4.79 Å². The Labute approximate surface area is 140 Å². The van der Waals surface area contributed by atoms with Crippen molar-refractivity contribution >= 4 is 22.8 Å². The Bertz CT molecular complexity index is 803. The van der Waals surface area contributed by atoms with Crippen LogP contribution >= 0.6 is 0 Å². The van der Waals surface area contributed by atoms with Gasteiger partial charge in [-0.3, -0.25) is 4.79 Å². The van der Waals surface area contributed by atoms with Crippen LogP contribution in [0.25, 0.3) is 11.0 Å². The summed E-state index contributed by atoms with van der Waals surface area (Å²) < 4.78 is 0. The molecule has 1 saturated heterocycles. The van der Waals surface area contributed by atoms with E-state index in [0.717, 1.165) is 49.2 Å². The number of hydrogen-bond donors (Lipinski definition) is 1. The number of aromatic nitrogens is 3. The van der Waals surface area contributed by atoms with Crippen molar-refractivity contribution in [1.29, 1.82) is 5.26 Å². The van der Waals surface area contributed by atoms with Crippen molar-refractivity contribution < 1.29 is 4.79 Å². The summed E-state index contributed by atoms with van der Waals surface area (Å²) in [5.41, 5.74) is 0.860. The predicted molar refractivity (Wildman–Crippen MR) is 89.2 cm³/mol. The zero-order valence-electron chi connectivity index (χ0n) is 13.5. The van der Waals surface area contributed by atoms with Gasteiger partial charge < -0.3 is 14.8 Å². The molecule has 2 aliphatic rings. The van der Waals surface area contributed by atoms with E-state index in [1.165, 1.54) is 0 Å². The lowest BCUT2D eigenvalue weighted by Crippen LogP contribution is -2.43. The monoisotopic (exact) mass is 324 g/mol. The fraction of sp³-hybridized carbons (Fsp3) is 0.529. The molecule has 3 heterocycles. The van der Waals surface area contributed by atoms with Gasteiger partial charge in [0.25, 0.3) is 0 Å². The van der Waals surface area contributed by atoms with Crippen molar-refractivity contribution in [3.05, 3.63) is 18.6 Å². The largest absolute Gasteiger partial charge is 0.354 e. The maximum atomic E-state index is 12.5. The highest BCUT2D eigenvalue weighted by molar-refractivity contribution is 5.87. The average molecular weight is 324 g/mol. The minimum absolute atomic E-state index is 0.0194. The standard InChI is InChI=1S/C17H20N6O/c18-7-1-2-14(24)23-11-10-22(9-6-17(23)4-5-17)16-13-3-8-19-15(13)20-12-21-16/h3,8,12H,1-2,4-6,9-11H2,(H,19,20,21). The van der Waals surface area contributed by atoms with Gasteiger partial charge in [-0.1, -0.05) is 0 Å². The number of nitrogens with zero attached hydrogens (tertiary/aromatic N) is 5. The van der Waals surface area contributed by atoms with E-state index in [9.17, 15) is 4.79 Å². The summed E-state index contributed by atoms with van der Waals surface area (Å²) in [5.74, 6) is 1.05. The second-order valence-electron chi connectivity index (χ2n) is 6.60. The zero-order valence-corrected chi connectivity index (χ0v) is 13.5. The van der Waals surface area contributed by atoms with E-state index < -0.39 is 0 Å². The van der Waals surface area contributed by atoms with Gasteiger partial charge in [-0.2, -0.15) is 5.26 Å². The normalized spacial score (nSPS) is 19.3. The van der Waals surface area contributed by atoms with E-state index >= 15 is 0 Å². The summed E-state index contributed by atoms with van der Waals surface area (Å²) in [5, 5.41) is 9.76. The second-order valence-corrected chi connectivity index (χ2v) is 6.60. The Morgan fingerprint density at radius 2 is 2.17 bits per heavy atom. The van der Waals surface area contributed by atoms with Crippen molar-refractivity contribution in [2.24, 2.45) is 0 Å². The van der Waals surface area contributed by atoms with Gasteiger partial charge >= 0.3 is 0 Å². The average Bonchev–Trinajstić information content (AvgIpc) is 3.27. The van der Waals surface area contributed by atoms with Crippen LogP contribution in [0, 0.1) is 11.3 Å². The van der Waals surface area contributed by atoms with Gasteiger partial charge in [-0.25, -0.2) is 9.97 Å². The zero-order chi connectivity index (χ0) is 16.6. The van der Waals surface area contributed by atoms with Crippen LogP contribution in [0.4, 0.5) is 5.82 Å². The maximum absolute atomic E-state index is 12.5. The van der Waals surface area contributed by atoms with Gasteiger partial charge in [0, 0.05) is 44.2 Å². The van der Waals surface area contributed by atoms with E-state index in [2.05, 4.69) is 25.9 Å². The Balaban J connectivity index is 1.56. The number of hydrogen-bond acceptors (Lipinski definition) is 5. The summed E-state index contributed by atoms with van der Waals surface area (Å²) in [7, 11) is 0. The molecule has 2 aromatic rings. The quantitative estimate of drug-likeness (QED) is 0.930. The molecule has 7 heteroatoms. The Morgan fingerprint density at radius 1 is 1.29 bits per heavy atom. The molecule has 1 amide bonds. The number of anilines is 1. The first-order chi connectivity index (χ1) is 11.7. The molecule has 0 bridgehead atoms. The molecule has 24 heavy (non-hydrogen) atoms. The van der Waals surface area contributed by atoms with Crippen LogP contribution in [0.5, 0.6) is 0 Å². The fourth-order valence-electron chi connectivity index (χ4n) is 3.72. The molecular formula is C17H20N6O. The minimum atomic E-state index is 0.0194. The molecule has 1 N–H and O–H groups in total. The molecule has 1 spiro atoms. The third-order valence-electron chi connectivity index (χ3n) is 5.22. The number of nitrogens with one attached hydrogen (secondary N) is 1. The van der Waals surface area contributed by atoms with Gasteiger partial charge in [0.05, 0.1) is 11.5 Å². The number of amides is 1. The van der Waals surface area contributed by atoms with Crippen LogP contribution in [0.2, 0.25) is 0 Å². The molecule has 1 aliphatic heterocycles. The van der Waals surface area contributed by atoms with Crippen LogP contribution in [0.3, 0.4) is 0 Å². The van der Waals surface area contributed by atoms with E-state index in [1.54, 1.807) is 6.33 Å². The highest BCUT2D eigenvalue weighted by Crippen LogP contribution is 2.46. The number of fused-ring (bicyclic) bond motifs is 1. The first kappa shape index (κ1) is 14.9. The molecule has 0 atom stereocenters. The first-order valence-electron chi connectivity index (χ1n) is 8.44. The van der Waals surface area contributed by atoms with Crippen molar-refractivity contribution in [1.82, 2.24) is 19.9 Å². The van der Waals surface area contributed by atoms with E-state index in [1.807, 2.05) is 17.2 Å². The lowest BCUT2D eigenvalue weighted by Gasteiger charge is -2.29. The first-order valence-corrected chi connectivity index (χ1v) is 8.44. The Hall–Kier alpha value is -2.62. The summed E-state index contributed by atoms with van der Waals surface area (Å²) in [6.07, 6.45) is 7.19. The molecule has 0 radical (unpaired) electrons. The second kappa shape index (κ2) is 5.78. The van der Waals surface area contributed by atoms with Crippen LogP contribution in [0.1, 0.15) is 32.1 Å².